The van der Waals surface area contributed by atoms with Crippen LogP contribution in [0.4, 0.5) is 5.69 Å². The van der Waals surface area contributed by atoms with Gasteiger partial charge >= 0.3 is 0 Å². The third-order valence-corrected chi connectivity index (χ3v) is 4.09. The number of guanidine groups is 1. The summed E-state index contributed by atoms with van der Waals surface area (Å²) < 4.78 is 10.3. The highest BCUT2D eigenvalue weighted by atomic mass is 127. The van der Waals surface area contributed by atoms with Gasteiger partial charge < -0.3 is 19.7 Å². The molecule has 8 nitrogen and oxygen atoms in total. The normalized spacial score (nSPS) is 10.8. The second kappa shape index (κ2) is 12.9. The van der Waals surface area contributed by atoms with Crippen LogP contribution < -0.4 is 10.1 Å². The molecule has 0 saturated carbocycles. The van der Waals surface area contributed by atoms with Gasteiger partial charge in [0.05, 0.1) is 25.2 Å². The monoisotopic (exact) mass is 514 g/mol. The fourth-order valence-corrected chi connectivity index (χ4v) is 2.55. The summed E-state index contributed by atoms with van der Waals surface area (Å²) in [6, 6.07) is 14.3. The minimum absolute atomic E-state index is 0. The average Bonchev–Trinajstić information content (AvgIpc) is 2.71. The fraction of sp³-hybridized carbons (Fsp3) is 0.350. The maximum absolute atomic E-state index is 10.8. The van der Waals surface area contributed by atoms with Crippen molar-refractivity contribution in [2.75, 3.05) is 34.4 Å². The second-order valence-corrected chi connectivity index (χ2v) is 6.19. The van der Waals surface area contributed by atoms with Crippen LogP contribution in [0, 0.1) is 10.1 Å². The first kappa shape index (κ1) is 24.6. The predicted molar refractivity (Wildman–Crippen MR) is 124 cm³/mol. The van der Waals surface area contributed by atoms with Crippen LogP contribution >= 0.6 is 24.0 Å². The van der Waals surface area contributed by atoms with Crippen LogP contribution in [-0.2, 0) is 17.8 Å². The molecule has 0 aromatic heterocycles. The Balaban J connectivity index is 0.00000420. The van der Waals surface area contributed by atoms with Gasteiger partial charge in [0, 0.05) is 39.4 Å². The number of aliphatic imine (C=N–C) groups is 1. The van der Waals surface area contributed by atoms with Gasteiger partial charge in [-0.25, -0.2) is 4.99 Å². The Bertz CT molecular complexity index is 782. The molecule has 0 aliphatic carbocycles. The zero-order valence-corrected chi connectivity index (χ0v) is 19.2. The smallest absolute Gasteiger partial charge is 0.269 e. The number of hydrogen-bond donors (Lipinski definition) is 1. The second-order valence-electron chi connectivity index (χ2n) is 6.19. The van der Waals surface area contributed by atoms with Crippen molar-refractivity contribution in [1.82, 2.24) is 10.2 Å². The van der Waals surface area contributed by atoms with Crippen molar-refractivity contribution in [3.63, 3.8) is 0 Å². The molecular weight excluding hydrogens is 487 g/mol. The molecule has 0 radical (unpaired) electrons. The standard InChI is InChI=1S/C20H26N4O4.HI/c1-23(15-17-6-10-19(28-3)11-7-17)20(21-12-13-27-2)22-14-16-4-8-18(9-5-16)24(25)26;/h4-11H,12-15H2,1-3H3,(H,21,22);1H. The minimum Gasteiger partial charge on any atom is -0.497 e. The molecule has 2 aromatic carbocycles. The molecule has 0 heterocycles. The van der Waals surface area contributed by atoms with E-state index in [1.165, 1.54) is 12.1 Å². The number of nitro groups is 1. The largest absolute Gasteiger partial charge is 0.497 e. The average molecular weight is 514 g/mol. The van der Waals surface area contributed by atoms with Gasteiger partial charge in [0.15, 0.2) is 5.96 Å². The number of methoxy groups -OCH3 is 2. The maximum atomic E-state index is 10.8. The number of nitrogens with one attached hydrogen (secondary N) is 1. The zero-order valence-electron chi connectivity index (χ0n) is 16.8. The number of nitro benzene ring substituents is 1. The summed E-state index contributed by atoms with van der Waals surface area (Å²) in [6.07, 6.45) is 0. The van der Waals surface area contributed by atoms with Crippen molar-refractivity contribution in [2.45, 2.75) is 13.1 Å². The molecule has 0 amide bonds. The van der Waals surface area contributed by atoms with Gasteiger partial charge in [0.1, 0.15) is 5.75 Å². The number of ether oxygens (including phenoxy) is 2. The maximum Gasteiger partial charge on any atom is 0.269 e. The number of nitrogens with zero attached hydrogens (tertiary/aromatic N) is 3. The van der Waals surface area contributed by atoms with Crippen LogP contribution in [0.3, 0.4) is 0 Å². The molecule has 2 rings (SSSR count). The molecule has 0 atom stereocenters. The van der Waals surface area contributed by atoms with Crippen molar-refractivity contribution in [2.24, 2.45) is 4.99 Å². The van der Waals surface area contributed by atoms with Crippen molar-refractivity contribution in [3.05, 3.63) is 69.8 Å². The van der Waals surface area contributed by atoms with Crippen LogP contribution in [0.2, 0.25) is 0 Å². The molecule has 0 unspecified atom stereocenters. The Kier molecular flexibility index (Phi) is 11.0. The Labute approximate surface area is 188 Å². The van der Waals surface area contributed by atoms with E-state index in [0.717, 1.165) is 22.8 Å². The number of hydrogen-bond acceptors (Lipinski definition) is 5. The lowest BCUT2D eigenvalue weighted by molar-refractivity contribution is -0.384. The minimum atomic E-state index is -0.409. The zero-order chi connectivity index (χ0) is 20.4. The summed E-state index contributed by atoms with van der Waals surface area (Å²) in [5.74, 6) is 1.54. The van der Waals surface area contributed by atoms with E-state index in [2.05, 4.69) is 10.3 Å². The third kappa shape index (κ3) is 8.24. The third-order valence-electron chi connectivity index (χ3n) is 4.09. The molecule has 1 N–H and O–H groups in total. The summed E-state index contributed by atoms with van der Waals surface area (Å²) in [5, 5.41) is 14.1. The molecular formula is C20H27IN4O4. The topological polar surface area (TPSA) is 89.2 Å². The first-order valence-electron chi connectivity index (χ1n) is 8.88. The lowest BCUT2D eigenvalue weighted by Crippen LogP contribution is -2.40. The highest BCUT2D eigenvalue weighted by molar-refractivity contribution is 14.0. The molecule has 0 aliphatic heterocycles. The lowest BCUT2D eigenvalue weighted by atomic mass is 10.2. The van der Waals surface area contributed by atoms with E-state index in [1.807, 2.05) is 36.2 Å². The SMILES string of the molecule is COCCNC(=NCc1ccc([N+](=O)[O-])cc1)N(C)Cc1ccc(OC)cc1.I. The Morgan fingerprint density at radius 2 is 1.72 bits per heavy atom. The van der Waals surface area contributed by atoms with Crippen molar-refractivity contribution in [3.8, 4) is 5.75 Å². The summed E-state index contributed by atoms with van der Waals surface area (Å²) in [5.41, 5.74) is 2.09. The van der Waals surface area contributed by atoms with Crippen molar-refractivity contribution >= 4 is 35.6 Å². The van der Waals surface area contributed by atoms with Gasteiger partial charge in [-0.05, 0) is 23.3 Å². The Hall–Kier alpha value is -2.40. The van der Waals surface area contributed by atoms with Crippen molar-refractivity contribution < 1.29 is 14.4 Å². The Morgan fingerprint density at radius 1 is 1.10 bits per heavy atom. The van der Waals surface area contributed by atoms with E-state index < -0.39 is 4.92 Å². The van der Waals surface area contributed by atoms with Gasteiger partial charge in [-0.15, -0.1) is 24.0 Å². The predicted octanol–water partition coefficient (Wildman–Crippen LogP) is 3.45. The molecule has 0 bridgehead atoms. The molecule has 29 heavy (non-hydrogen) atoms. The van der Waals surface area contributed by atoms with Gasteiger partial charge in [-0.1, -0.05) is 24.3 Å². The summed E-state index contributed by atoms with van der Waals surface area (Å²) in [7, 11) is 5.25. The summed E-state index contributed by atoms with van der Waals surface area (Å²) in [6.45, 7) is 2.28. The molecule has 9 heteroatoms. The van der Waals surface area contributed by atoms with Crippen molar-refractivity contribution in [1.29, 1.82) is 0 Å². The first-order valence-corrected chi connectivity index (χ1v) is 8.88. The van der Waals surface area contributed by atoms with Crippen LogP contribution in [0.5, 0.6) is 5.75 Å². The van der Waals surface area contributed by atoms with E-state index in [9.17, 15) is 10.1 Å². The molecule has 0 fully saturated rings. The molecule has 158 valence electrons. The molecule has 2 aromatic rings. The van der Waals surface area contributed by atoms with E-state index in [0.29, 0.717) is 26.2 Å². The highest BCUT2D eigenvalue weighted by Crippen LogP contribution is 2.14. The summed E-state index contributed by atoms with van der Waals surface area (Å²) in [4.78, 5) is 17.0. The Morgan fingerprint density at radius 3 is 2.28 bits per heavy atom. The number of benzene rings is 2. The first-order chi connectivity index (χ1) is 13.5. The molecule has 0 aliphatic rings. The van der Waals surface area contributed by atoms with E-state index in [-0.39, 0.29) is 29.7 Å². The summed E-state index contributed by atoms with van der Waals surface area (Å²) >= 11 is 0. The van der Waals surface area contributed by atoms with E-state index >= 15 is 0 Å². The fourth-order valence-electron chi connectivity index (χ4n) is 2.55. The van der Waals surface area contributed by atoms with Crippen LogP contribution in [0.1, 0.15) is 11.1 Å². The molecule has 0 saturated heterocycles. The van der Waals surface area contributed by atoms with Gasteiger partial charge in [0.2, 0.25) is 0 Å². The van der Waals surface area contributed by atoms with Gasteiger partial charge in [-0.2, -0.15) is 0 Å². The number of rotatable bonds is 9. The number of non-ortho nitro benzene ring substituents is 1. The highest BCUT2D eigenvalue weighted by Gasteiger charge is 2.08. The van der Waals surface area contributed by atoms with E-state index in [1.54, 1.807) is 26.4 Å². The van der Waals surface area contributed by atoms with Crippen LogP contribution in [0.25, 0.3) is 0 Å². The molecule has 0 spiro atoms. The number of halogens is 1. The van der Waals surface area contributed by atoms with Gasteiger partial charge in [0.25, 0.3) is 5.69 Å². The van der Waals surface area contributed by atoms with Gasteiger partial charge in [-0.3, -0.25) is 10.1 Å². The van der Waals surface area contributed by atoms with Crippen LogP contribution in [0.15, 0.2) is 53.5 Å². The van der Waals surface area contributed by atoms with E-state index in [4.69, 9.17) is 9.47 Å². The lowest BCUT2D eigenvalue weighted by Gasteiger charge is -2.22. The quantitative estimate of drug-likeness (QED) is 0.138. The van der Waals surface area contributed by atoms with Crippen LogP contribution in [-0.4, -0.2) is 50.2 Å².